The summed E-state index contributed by atoms with van der Waals surface area (Å²) in [5, 5.41) is 0. The van der Waals surface area contributed by atoms with Crippen LogP contribution in [0.3, 0.4) is 0 Å². The van der Waals surface area contributed by atoms with Gasteiger partial charge in [-0.1, -0.05) is 12.1 Å². The molecule has 0 aromatic heterocycles. The second-order valence-electron chi connectivity index (χ2n) is 5.07. The molecule has 0 amide bonds. The smallest absolute Gasteiger partial charge is 0.0749 e. The Morgan fingerprint density at radius 1 is 1.28 bits per heavy atom. The Balaban J connectivity index is 1.89. The van der Waals surface area contributed by atoms with Crippen molar-refractivity contribution in [1.82, 2.24) is 0 Å². The van der Waals surface area contributed by atoms with Gasteiger partial charge in [0.25, 0.3) is 0 Å². The third-order valence-electron chi connectivity index (χ3n) is 3.56. The Labute approximate surface area is 110 Å². The quantitative estimate of drug-likeness (QED) is 0.868. The summed E-state index contributed by atoms with van der Waals surface area (Å²) in [6.07, 6.45) is 5.06. The van der Waals surface area contributed by atoms with Gasteiger partial charge in [0, 0.05) is 25.9 Å². The summed E-state index contributed by atoms with van der Waals surface area (Å²) in [4.78, 5) is 2.28. The number of rotatable bonds is 5. The van der Waals surface area contributed by atoms with Crippen molar-refractivity contribution in [3.05, 3.63) is 29.8 Å². The predicted octanol–water partition coefficient (Wildman–Crippen LogP) is 2.19. The van der Waals surface area contributed by atoms with E-state index in [-0.39, 0.29) is 0 Å². The Kier molecular flexibility index (Phi) is 5.02. The zero-order chi connectivity index (χ0) is 12.8. The molecule has 0 aliphatic carbocycles. The van der Waals surface area contributed by atoms with Crippen LogP contribution in [0.5, 0.6) is 0 Å². The maximum Gasteiger partial charge on any atom is 0.0749 e. The zero-order valence-electron chi connectivity index (χ0n) is 11.3. The predicted molar refractivity (Wildman–Crippen MR) is 76.1 cm³/mol. The van der Waals surface area contributed by atoms with Gasteiger partial charge in [-0.05, 0) is 49.9 Å². The minimum atomic E-state index is 0.396. The highest BCUT2D eigenvalue weighted by Gasteiger charge is 2.15. The third-order valence-corrected chi connectivity index (χ3v) is 3.56. The van der Waals surface area contributed by atoms with Gasteiger partial charge in [-0.2, -0.15) is 0 Å². The SMILES string of the molecule is CN(CC1CCCCO1)c1ccc(CCN)cc1. The van der Waals surface area contributed by atoms with Gasteiger partial charge in [0.15, 0.2) is 0 Å². The molecule has 0 spiro atoms. The topological polar surface area (TPSA) is 38.5 Å². The number of benzene rings is 1. The van der Waals surface area contributed by atoms with Crippen molar-refractivity contribution in [2.75, 3.05) is 31.6 Å². The fraction of sp³-hybridized carbons (Fsp3) is 0.600. The minimum absolute atomic E-state index is 0.396. The molecule has 1 atom stereocenters. The summed E-state index contributed by atoms with van der Waals surface area (Å²) < 4.78 is 5.77. The van der Waals surface area contributed by atoms with Crippen LogP contribution in [0.4, 0.5) is 5.69 Å². The molecular weight excluding hydrogens is 224 g/mol. The minimum Gasteiger partial charge on any atom is -0.376 e. The fourth-order valence-electron chi connectivity index (χ4n) is 2.45. The molecule has 1 saturated heterocycles. The molecule has 0 radical (unpaired) electrons. The molecule has 2 N–H and O–H groups in total. The lowest BCUT2D eigenvalue weighted by atomic mass is 10.1. The van der Waals surface area contributed by atoms with Crippen molar-refractivity contribution >= 4 is 5.69 Å². The largest absolute Gasteiger partial charge is 0.376 e. The van der Waals surface area contributed by atoms with Crippen LogP contribution in [0.25, 0.3) is 0 Å². The Bertz CT molecular complexity index is 344. The first-order chi connectivity index (χ1) is 8.79. The fourth-order valence-corrected chi connectivity index (χ4v) is 2.45. The van der Waals surface area contributed by atoms with Crippen LogP contribution in [0.15, 0.2) is 24.3 Å². The molecule has 1 aliphatic rings. The second-order valence-corrected chi connectivity index (χ2v) is 5.07. The van der Waals surface area contributed by atoms with Gasteiger partial charge in [0.1, 0.15) is 0 Å². The van der Waals surface area contributed by atoms with E-state index in [2.05, 4.69) is 36.2 Å². The van der Waals surface area contributed by atoms with Gasteiger partial charge in [-0.3, -0.25) is 0 Å². The molecule has 100 valence electrons. The summed E-state index contributed by atoms with van der Waals surface area (Å²) >= 11 is 0. The van der Waals surface area contributed by atoms with Crippen LogP contribution >= 0.6 is 0 Å². The van der Waals surface area contributed by atoms with Crippen molar-refractivity contribution in [2.24, 2.45) is 5.73 Å². The molecule has 1 aromatic carbocycles. The first-order valence-electron chi connectivity index (χ1n) is 6.91. The maximum absolute atomic E-state index is 5.77. The molecule has 1 aliphatic heterocycles. The molecular formula is C15H24N2O. The highest BCUT2D eigenvalue weighted by Crippen LogP contribution is 2.18. The number of hydrogen-bond donors (Lipinski definition) is 1. The first kappa shape index (κ1) is 13.4. The normalized spacial score (nSPS) is 19.8. The molecule has 1 aromatic rings. The summed E-state index contributed by atoms with van der Waals surface area (Å²) in [5.74, 6) is 0. The molecule has 1 unspecified atom stereocenters. The van der Waals surface area contributed by atoms with Gasteiger partial charge in [-0.15, -0.1) is 0 Å². The molecule has 3 heteroatoms. The highest BCUT2D eigenvalue weighted by atomic mass is 16.5. The summed E-state index contributed by atoms with van der Waals surface area (Å²) in [6.45, 7) is 2.62. The van der Waals surface area contributed by atoms with Crippen molar-refractivity contribution in [3.8, 4) is 0 Å². The Hall–Kier alpha value is -1.06. The third kappa shape index (κ3) is 3.72. The van der Waals surface area contributed by atoms with E-state index in [0.29, 0.717) is 12.6 Å². The molecule has 3 nitrogen and oxygen atoms in total. The van der Waals surface area contributed by atoms with Crippen LogP contribution < -0.4 is 10.6 Å². The molecule has 1 heterocycles. The van der Waals surface area contributed by atoms with Gasteiger partial charge in [0.05, 0.1) is 6.10 Å². The molecule has 0 saturated carbocycles. The molecule has 1 fully saturated rings. The highest BCUT2D eigenvalue weighted by molar-refractivity contribution is 5.47. The monoisotopic (exact) mass is 248 g/mol. The van der Waals surface area contributed by atoms with Crippen LogP contribution in [-0.2, 0) is 11.2 Å². The average molecular weight is 248 g/mol. The molecule has 0 bridgehead atoms. The van der Waals surface area contributed by atoms with Crippen molar-refractivity contribution in [1.29, 1.82) is 0 Å². The number of nitrogens with two attached hydrogens (primary N) is 1. The van der Waals surface area contributed by atoms with E-state index in [1.165, 1.54) is 30.5 Å². The van der Waals surface area contributed by atoms with Gasteiger partial charge < -0.3 is 15.4 Å². The van der Waals surface area contributed by atoms with Crippen molar-refractivity contribution in [2.45, 2.75) is 31.8 Å². The lowest BCUT2D eigenvalue weighted by Gasteiger charge is -2.28. The number of likely N-dealkylation sites (N-methyl/N-ethyl adjacent to an activating group) is 1. The standard InChI is InChI=1S/C15H24N2O/c1-17(12-15-4-2-3-11-18-15)14-7-5-13(6-8-14)9-10-16/h5-8,15H,2-4,9-12,16H2,1H3. The van der Waals surface area contributed by atoms with E-state index in [1.807, 2.05) is 0 Å². The second kappa shape index (κ2) is 6.76. The van der Waals surface area contributed by atoms with Crippen LogP contribution in [0, 0.1) is 0 Å². The number of nitrogens with zero attached hydrogens (tertiary/aromatic N) is 1. The van der Waals surface area contributed by atoms with Crippen molar-refractivity contribution in [3.63, 3.8) is 0 Å². The van der Waals surface area contributed by atoms with Gasteiger partial charge in [-0.25, -0.2) is 0 Å². The number of hydrogen-bond acceptors (Lipinski definition) is 3. The van der Waals surface area contributed by atoms with Gasteiger partial charge in [0.2, 0.25) is 0 Å². The van der Waals surface area contributed by atoms with Crippen molar-refractivity contribution < 1.29 is 4.74 Å². The summed E-state index contributed by atoms with van der Waals surface area (Å²) in [7, 11) is 2.13. The molecule has 18 heavy (non-hydrogen) atoms. The summed E-state index contributed by atoms with van der Waals surface area (Å²) in [5.41, 5.74) is 8.12. The van der Waals surface area contributed by atoms with Crippen LogP contribution in [0.1, 0.15) is 24.8 Å². The van der Waals surface area contributed by atoms with E-state index in [4.69, 9.17) is 10.5 Å². The van der Waals surface area contributed by atoms with Crippen LogP contribution in [0.2, 0.25) is 0 Å². The zero-order valence-corrected chi connectivity index (χ0v) is 11.3. The first-order valence-corrected chi connectivity index (χ1v) is 6.91. The van der Waals surface area contributed by atoms with Gasteiger partial charge >= 0.3 is 0 Å². The molecule has 2 rings (SSSR count). The lowest BCUT2D eigenvalue weighted by Crippen LogP contribution is -2.33. The average Bonchev–Trinajstić information content (AvgIpc) is 2.41. The number of anilines is 1. The van der Waals surface area contributed by atoms with E-state index >= 15 is 0 Å². The Morgan fingerprint density at radius 2 is 2.06 bits per heavy atom. The van der Waals surface area contributed by atoms with E-state index in [1.54, 1.807) is 0 Å². The van der Waals surface area contributed by atoms with E-state index in [9.17, 15) is 0 Å². The maximum atomic E-state index is 5.77. The van der Waals surface area contributed by atoms with Crippen LogP contribution in [-0.4, -0.2) is 32.8 Å². The lowest BCUT2D eigenvalue weighted by molar-refractivity contribution is 0.0216. The summed E-state index contributed by atoms with van der Waals surface area (Å²) in [6, 6.07) is 8.68. The number of ether oxygens (including phenoxy) is 1. The Morgan fingerprint density at radius 3 is 2.67 bits per heavy atom. The van der Waals surface area contributed by atoms with E-state index < -0.39 is 0 Å². The van der Waals surface area contributed by atoms with E-state index in [0.717, 1.165) is 19.6 Å².